The number of nitrogens with one attached hydrogen (secondary N) is 1. The third-order valence-corrected chi connectivity index (χ3v) is 9.48. The summed E-state index contributed by atoms with van der Waals surface area (Å²) >= 11 is 1.36. The number of likely N-dealkylation sites (tertiary alicyclic amines) is 1. The minimum absolute atomic E-state index is 0.303. The fourth-order valence-corrected chi connectivity index (χ4v) is 7.06. The molecule has 2 aliphatic rings. The molecule has 0 saturated carbocycles. The SMILES string of the molecule is CCNC(=NCCc1ccc(S(=O)(=O)N(CC)CC)s1)N1CCC2(CCOC2)C1. The van der Waals surface area contributed by atoms with Gasteiger partial charge in [-0.2, -0.15) is 4.31 Å². The number of rotatable bonds is 8. The highest BCUT2D eigenvalue weighted by Crippen LogP contribution is 2.38. The van der Waals surface area contributed by atoms with E-state index >= 15 is 0 Å². The van der Waals surface area contributed by atoms with Crippen LogP contribution in [0, 0.1) is 5.41 Å². The highest BCUT2D eigenvalue weighted by atomic mass is 32.2. The van der Waals surface area contributed by atoms with Gasteiger partial charge in [-0.3, -0.25) is 4.99 Å². The van der Waals surface area contributed by atoms with Crippen LogP contribution in [0.1, 0.15) is 38.5 Å². The molecule has 0 aromatic carbocycles. The fraction of sp³-hybridized carbons (Fsp3) is 0.750. The Bertz CT molecular complexity index is 796. The Morgan fingerprint density at radius 2 is 2.10 bits per heavy atom. The van der Waals surface area contributed by atoms with Gasteiger partial charge in [0.15, 0.2) is 5.96 Å². The number of nitrogens with zero attached hydrogens (tertiary/aromatic N) is 3. The first kappa shape index (κ1) is 22.5. The van der Waals surface area contributed by atoms with Crippen molar-refractivity contribution in [2.75, 3.05) is 52.5 Å². The van der Waals surface area contributed by atoms with Gasteiger partial charge in [0.05, 0.1) is 6.61 Å². The number of guanidine groups is 1. The van der Waals surface area contributed by atoms with Gasteiger partial charge in [-0.1, -0.05) is 13.8 Å². The predicted octanol–water partition coefficient (Wildman–Crippen LogP) is 2.40. The minimum Gasteiger partial charge on any atom is -0.381 e. The van der Waals surface area contributed by atoms with Crippen LogP contribution in [0.25, 0.3) is 0 Å². The summed E-state index contributed by atoms with van der Waals surface area (Å²) in [5.41, 5.74) is 0.303. The number of hydrogen-bond donors (Lipinski definition) is 1. The van der Waals surface area contributed by atoms with Gasteiger partial charge in [0.25, 0.3) is 10.0 Å². The standard InChI is InChI=1S/C20H34N4O3S2/c1-4-21-19(23-13-10-20(15-23)11-14-27-16-20)22-12-9-17-7-8-18(28-17)29(25,26)24(5-2)6-3/h7-8H,4-6,9-16H2,1-3H3,(H,21,22). The minimum atomic E-state index is -3.37. The van der Waals surface area contributed by atoms with Crippen LogP contribution in [0.3, 0.4) is 0 Å². The first-order valence-electron chi connectivity index (χ1n) is 10.6. The molecule has 1 unspecified atom stereocenters. The van der Waals surface area contributed by atoms with Gasteiger partial charge >= 0.3 is 0 Å². The van der Waals surface area contributed by atoms with E-state index in [1.54, 1.807) is 6.07 Å². The Morgan fingerprint density at radius 3 is 2.76 bits per heavy atom. The molecule has 3 rings (SSSR count). The van der Waals surface area contributed by atoms with Gasteiger partial charge in [0.2, 0.25) is 0 Å². The van der Waals surface area contributed by atoms with E-state index in [-0.39, 0.29) is 0 Å². The molecule has 0 aliphatic carbocycles. The molecule has 1 N–H and O–H groups in total. The molecule has 9 heteroatoms. The Hall–Kier alpha value is -1.16. The summed E-state index contributed by atoms with van der Waals surface area (Å²) < 4.78 is 32.9. The first-order valence-corrected chi connectivity index (χ1v) is 12.9. The van der Waals surface area contributed by atoms with E-state index in [0.717, 1.165) is 62.9 Å². The molecule has 0 bridgehead atoms. The van der Waals surface area contributed by atoms with Gasteiger partial charge in [-0.15, -0.1) is 11.3 Å². The second-order valence-corrected chi connectivity index (χ2v) is 11.1. The summed E-state index contributed by atoms with van der Waals surface area (Å²) in [6.07, 6.45) is 3.05. The van der Waals surface area contributed by atoms with E-state index in [1.807, 2.05) is 19.9 Å². The van der Waals surface area contributed by atoms with E-state index in [9.17, 15) is 8.42 Å². The maximum Gasteiger partial charge on any atom is 0.252 e. The second-order valence-electron chi connectivity index (χ2n) is 7.77. The number of sulfonamides is 1. The van der Waals surface area contributed by atoms with Crippen molar-refractivity contribution in [3.05, 3.63) is 17.0 Å². The quantitative estimate of drug-likeness (QED) is 0.494. The number of thiophene rings is 1. The monoisotopic (exact) mass is 442 g/mol. The summed E-state index contributed by atoms with van der Waals surface area (Å²) in [6.45, 7) is 12.0. The number of hydrogen-bond acceptors (Lipinski definition) is 5. The molecule has 1 spiro atoms. The predicted molar refractivity (Wildman–Crippen MR) is 118 cm³/mol. The highest BCUT2D eigenvalue weighted by Gasteiger charge is 2.42. The van der Waals surface area contributed by atoms with Crippen LogP contribution in [0.2, 0.25) is 0 Å². The molecule has 2 aliphatic heterocycles. The molecule has 29 heavy (non-hydrogen) atoms. The summed E-state index contributed by atoms with van der Waals surface area (Å²) in [4.78, 5) is 8.22. The molecule has 2 fully saturated rings. The van der Waals surface area contributed by atoms with E-state index in [2.05, 4.69) is 17.1 Å². The van der Waals surface area contributed by atoms with Crippen molar-refractivity contribution in [2.45, 2.75) is 44.2 Å². The Kier molecular flexibility index (Phi) is 7.58. The maximum absolute atomic E-state index is 12.7. The lowest BCUT2D eigenvalue weighted by atomic mass is 9.87. The zero-order valence-corrected chi connectivity index (χ0v) is 19.4. The highest BCUT2D eigenvalue weighted by molar-refractivity contribution is 7.91. The van der Waals surface area contributed by atoms with Crippen LogP contribution in [0.5, 0.6) is 0 Å². The van der Waals surface area contributed by atoms with Gasteiger partial charge in [-0.05, 0) is 31.9 Å². The second kappa shape index (κ2) is 9.76. The topological polar surface area (TPSA) is 74.2 Å². The Balaban J connectivity index is 1.61. The Labute approximate surface area is 179 Å². The van der Waals surface area contributed by atoms with Crippen molar-refractivity contribution in [3.63, 3.8) is 0 Å². The third-order valence-electron chi connectivity index (χ3n) is 5.81. The zero-order chi connectivity index (χ0) is 20.9. The van der Waals surface area contributed by atoms with Crippen LogP contribution in [0.4, 0.5) is 0 Å². The van der Waals surface area contributed by atoms with Crippen molar-refractivity contribution < 1.29 is 13.2 Å². The van der Waals surface area contributed by atoms with Crippen LogP contribution in [-0.2, 0) is 21.2 Å². The average Bonchev–Trinajstić information content (AvgIpc) is 3.44. The van der Waals surface area contributed by atoms with Gasteiger partial charge in [0.1, 0.15) is 4.21 Å². The van der Waals surface area contributed by atoms with Crippen LogP contribution < -0.4 is 5.32 Å². The molecule has 0 radical (unpaired) electrons. The van der Waals surface area contributed by atoms with Gasteiger partial charge in [0, 0.05) is 62.6 Å². The van der Waals surface area contributed by atoms with E-state index < -0.39 is 10.0 Å². The van der Waals surface area contributed by atoms with Crippen molar-refractivity contribution in [3.8, 4) is 0 Å². The molecule has 3 heterocycles. The zero-order valence-electron chi connectivity index (χ0n) is 17.8. The lowest BCUT2D eigenvalue weighted by molar-refractivity contribution is 0.156. The van der Waals surface area contributed by atoms with Crippen LogP contribution in [-0.4, -0.2) is 76.1 Å². The lowest BCUT2D eigenvalue weighted by Gasteiger charge is -2.24. The summed E-state index contributed by atoms with van der Waals surface area (Å²) in [7, 11) is -3.37. The van der Waals surface area contributed by atoms with E-state index in [1.165, 1.54) is 15.6 Å². The van der Waals surface area contributed by atoms with Crippen LogP contribution >= 0.6 is 11.3 Å². The van der Waals surface area contributed by atoms with Gasteiger partial charge < -0.3 is 15.0 Å². The summed E-state index contributed by atoms with van der Waals surface area (Å²) in [5.74, 6) is 0.962. The molecule has 2 saturated heterocycles. The normalized spacial score (nSPS) is 22.9. The van der Waals surface area contributed by atoms with E-state index in [0.29, 0.717) is 29.3 Å². The molecule has 164 valence electrons. The number of aliphatic imine (C=N–C) groups is 1. The molecule has 1 aromatic rings. The largest absolute Gasteiger partial charge is 0.381 e. The Morgan fingerprint density at radius 1 is 1.31 bits per heavy atom. The van der Waals surface area contributed by atoms with E-state index in [4.69, 9.17) is 9.73 Å². The first-order chi connectivity index (χ1) is 13.9. The van der Waals surface area contributed by atoms with Crippen molar-refractivity contribution in [1.29, 1.82) is 0 Å². The molecular weight excluding hydrogens is 408 g/mol. The van der Waals surface area contributed by atoms with Crippen molar-refractivity contribution in [1.82, 2.24) is 14.5 Å². The summed E-state index contributed by atoms with van der Waals surface area (Å²) in [6, 6.07) is 3.65. The van der Waals surface area contributed by atoms with Crippen molar-refractivity contribution >= 4 is 27.3 Å². The maximum atomic E-state index is 12.7. The molecule has 7 nitrogen and oxygen atoms in total. The molecule has 0 amide bonds. The fourth-order valence-electron chi connectivity index (χ4n) is 4.11. The molecule has 1 atom stereocenters. The summed E-state index contributed by atoms with van der Waals surface area (Å²) in [5, 5.41) is 3.41. The smallest absolute Gasteiger partial charge is 0.252 e. The van der Waals surface area contributed by atoms with Crippen molar-refractivity contribution in [2.24, 2.45) is 10.4 Å². The lowest BCUT2D eigenvalue weighted by Crippen LogP contribution is -2.41. The van der Waals surface area contributed by atoms with Gasteiger partial charge in [-0.25, -0.2) is 8.42 Å². The van der Waals surface area contributed by atoms with Crippen LogP contribution in [0.15, 0.2) is 21.3 Å². The number of ether oxygens (including phenoxy) is 1. The molecule has 1 aromatic heterocycles. The third kappa shape index (κ3) is 5.13. The molecular formula is C20H34N4O3S2. The average molecular weight is 443 g/mol.